The Morgan fingerprint density at radius 3 is 2.26 bits per heavy atom. The van der Waals surface area contributed by atoms with Gasteiger partial charge in [-0.15, -0.1) is 0 Å². The highest BCUT2D eigenvalue weighted by molar-refractivity contribution is 6.32. The molecule has 2 N–H and O–H groups in total. The summed E-state index contributed by atoms with van der Waals surface area (Å²) in [5, 5.41) is -0.0371. The number of carbonyl (C=O) groups is 2. The van der Waals surface area contributed by atoms with Gasteiger partial charge in [-0.3, -0.25) is 9.59 Å². The maximum absolute atomic E-state index is 14.0. The number of carbonyl (C=O) groups excluding carboxylic acids is 2. The van der Waals surface area contributed by atoms with E-state index >= 15 is 0 Å². The zero-order valence-corrected chi connectivity index (χ0v) is 18.7. The van der Waals surface area contributed by atoms with Crippen LogP contribution in [0.5, 0.6) is 17.2 Å². The number of ether oxygens (including phenoxy) is 2. The monoisotopic (exact) mass is 513 g/mol. The Bertz CT molecular complexity index is 1280. The predicted octanol–water partition coefficient (Wildman–Crippen LogP) is 6.32. The second-order valence-corrected chi connectivity index (χ2v) is 7.75. The van der Waals surface area contributed by atoms with Gasteiger partial charge in [0, 0.05) is 23.6 Å². The van der Waals surface area contributed by atoms with Crippen LogP contribution < -0.4 is 15.2 Å². The van der Waals surface area contributed by atoms with E-state index in [-0.39, 0.29) is 28.3 Å². The first kappa shape index (κ1) is 26.0. The molecule has 0 radical (unpaired) electrons. The minimum absolute atomic E-state index is 0.0371. The summed E-state index contributed by atoms with van der Waals surface area (Å²) in [6, 6.07) is 11.7. The minimum atomic E-state index is -5.87. The maximum atomic E-state index is 14.0. The van der Waals surface area contributed by atoms with E-state index in [1.807, 2.05) is 0 Å². The fraction of sp³-hybridized carbons (Fsp3) is 0.167. The van der Waals surface area contributed by atoms with Gasteiger partial charge in [0.25, 0.3) is 0 Å². The molecule has 3 aromatic rings. The van der Waals surface area contributed by atoms with E-state index in [0.717, 1.165) is 6.07 Å². The van der Waals surface area contributed by atoms with Gasteiger partial charge in [0.15, 0.2) is 5.78 Å². The largest absolute Gasteiger partial charge is 0.497 e. The van der Waals surface area contributed by atoms with Crippen LogP contribution in [0.3, 0.4) is 0 Å². The second kappa shape index (κ2) is 9.91. The number of ketones is 1. The summed E-state index contributed by atoms with van der Waals surface area (Å²) in [5.74, 6) is -6.93. The number of halogens is 6. The minimum Gasteiger partial charge on any atom is -0.497 e. The van der Waals surface area contributed by atoms with Crippen molar-refractivity contribution in [3.8, 4) is 17.2 Å². The Labute approximate surface area is 201 Å². The van der Waals surface area contributed by atoms with Gasteiger partial charge in [0.2, 0.25) is 5.91 Å². The van der Waals surface area contributed by atoms with E-state index in [9.17, 15) is 31.5 Å². The summed E-state index contributed by atoms with van der Waals surface area (Å²) in [6.07, 6.45) is -6.19. The third-order valence-electron chi connectivity index (χ3n) is 4.94. The van der Waals surface area contributed by atoms with Gasteiger partial charge in [0.1, 0.15) is 17.2 Å². The third-order valence-corrected chi connectivity index (χ3v) is 5.23. The average molecular weight is 514 g/mol. The standard InChI is InChI=1S/C24H17ClF5NO4/c1-34-16-6-8-20(18(25)12-16)35-21-11-15(23(26,27)24(28,29)30)5-7-17(21)19(32)10-13-3-2-4-14(9-13)22(31)33/h2-9,11-12H,10H2,1H3,(H2,31,33). The molecule has 0 fully saturated rings. The van der Waals surface area contributed by atoms with Crippen LogP contribution in [0.1, 0.15) is 31.8 Å². The zero-order chi connectivity index (χ0) is 26.0. The van der Waals surface area contributed by atoms with Crippen LogP contribution in [0, 0.1) is 0 Å². The van der Waals surface area contributed by atoms with E-state index in [0.29, 0.717) is 23.4 Å². The lowest BCUT2D eigenvalue weighted by molar-refractivity contribution is -0.289. The van der Waals surface area contributed by atoms with E-state index < -0.39 is 35.1 Å². The Morgan fingerprint density at radius 1 is 0.943 bits per heavy atom. The van der Waals surface area contributed by atoms with Crippen molar-refractivity contribution >= 4 is 23.3 Å². The van der Waals surface area contributed by atoms with Crippen LogP contribution in [0.2, 0.25) is 5.02 Å². The topological polar surface area (TPSA) is 78.6 Å². The summed E-state index contributed by atoms with van der Waals surface area (Å²) in [6.45, 7) is 0. The van der Waals surface area contributed by atoms with Gasteiger partial charge in [-0.2, -0.15) is 22.0 Å². The molecule has 0 unspecified atom stereocenters. The lowest BCUT2D eigenvalue weighted by atomic mass is 9.98. The van der Waals surface area contributed by atoms with Gasteiger partial charge >= 0.3 is 12.1 Å². The van der Waals surface area contributed by atoms with Gasteiger partial charge in [-0.1, -0.05) is 29.8 Å². The molecule has 11 heteroatoms. The summed E-state index contributed by atoms with van der Waals surface area (Å²) in [5.41, 5.74) is 4.04. The smallest absolute Gasteiger partial charge is 0.458 e. The molecule has 0 saturated carbocycles. The second-order valence-electron chi connectivity index (χ2n) is 7.35. The van der Waals surface area contributed by atoms with Crippen LogP contribution in [0.15, 0.2) is 60.7 Å². The first-order chi connectivity index (χ1) is 16.3. The molecule has 184 valence electrons. The Morgan fingerprint density at radius 2 is 1.66 bits per heavy atom. The fourth-order valence-electron chi connectivity index (χ4n) is 3.12. The van der Waals surface area contributed by atoms with E-state index in [2.05, 4.69) is 0 Å². The van der Waals surface area contributed by atoms with Crippen LogP contribution in [0.4, 0.5) is 22.0 Å². The van der Waals surface area contributed by atoms with Crippen molar-refractivity contribution in [3.63, 3.8) is 0 Å². The Hall–Kier alpha value is -3.66. The van der Waals surface area contributed by atoms with Gasteiger partial charge in [-0.05, 0) is 42.0 Å². The first-order valence-corrected chi connectivity index (χ1v) is 10.2. The van der Waals surface area contributed by atoms with Gasteiger partial charge in [0.05, 0.1) is 17.7 Å². The van der Waals surface area contributed by atoms with Crippen molar-refractivity contribution in [2.45, 2.75) is 18.5 Å². The van der Waals surface area contributed by atoms with Crippen LogP contribution in [0.25, 0.3) is 0 Å². The highest BCUT2D eigenvalue weighted by atomic mass is 35.5. The van der Waals surface area contributed by atoms with Gasteiger partial charge in [-0.25, -0.2) is 0 Å². The Balaban J connectivity index is 2.05. The molecule has 0 aliphatic heterocycles. The number of alkyl halides is 5. The number of Topliss-reactive ketones (excluding diaryl/α,β-unsaturated/α-hetero) is 1. The fourth-order valence-corrected chi connectivity index (χ4v) is 3.33. The number of rotatable bonds is 8. The lowest BCUT2D eigenvalue weighted by Crippen LogP contribution is -2.33. The summed E-state index contributed by atoms with van der Waals surface area (Å²) in [7, 11) is 1.37. The molecule has 0 heterocycles. The average Bonchev–Trinajstić information content (AvgIpc) is 2.79. The molecule has 5 nitrogen and oxygen atoms in total. The molecule has 0 aliphatic rings. The van der Waals surface area contributed by atoms with Crippen molar-refractivity contribution in [3.05, 3.63) is 87.9 Å². The molecule has 0 bridgehead atoms. The molecular weight excluding hydrogens is 497 g/mol. The van der Waals surface area contributed by atoms with E-state index in [1.54, 1.807) is 0 Å². The first-order valence-electron chi connectivity index (χ1n) is 9.86. The van der Waals surface area contributed by atoms with Crippen molar-refractivity contribution in [1.29, 1.82) is 0 Å². The molecule has 0 atom stereocenters. The molecular formula is C24H17ClF5NO4. The number of hydrogen-bond acceptors (Lipinski definition) is 4. The molecule has 0 saturated heterocycles. The SMILES string of the molecule is COc1ccc(Oc2cc(C(F)(F)C(F)(F)F)ccc2C(=O)Cc2cccc(C(N)=O)c2)c(Cl)c1. The molecule has 0 spiro atoms. The zero-order valence-electron chi connectivity index (χ0n) is 18.0. The van der Waals surface area contributed by atoms with Crippen molar-refractivity contribution in [2.75, 3.05) is 7.11 Å². The van der Waals surface area contributed by atoms with Crippen molar-refractivity contribution in [2.24, 2.45) is 5.73 Å². The number of methoxy groups -OCH3 is 1. The molecule has 1 amide bonds. The summed E-state index contributed by atoms with van der Waals surface area (Å²) < 4.78 is 77.4. The number of amides is 1. The molecule has 35 heavy (non-hydrogen) atoms. The number of primary amides is 1. The summed E-state index contributed by atoms with van der Waals surface area (Å²) in [4.78, 5) is 24.4. The number of hydrogen-bond donors (Lipinski definition) is 1. The molecule has 3 rings (SSSR count). The quantitative estimate of drug-likeness (QED) is 0.282. The Kier molecular flexibility index (Phi) is 7.35. The molecule has 0 aromatic heterocycles. The molecule has 3 aromatic carbocycles. The normalized spacial score (nSPS) is 11.7. The van der Waals surface area contributed by atoms with Crippen LogP contribution in [-0.2, 0) is 12.3 Å². The van der Waals surface area contributed by atoms with E-state index in [4.69, 9.17) is 26.8 Å². The van der Waals surface area contributed by atoms with Crippen LogP contribution in [-0.4, -0.2) is 25.0 Å². The van der Waals surface area contributed by atoms with Gasteiger partial charge < -0.3 is 15.2 Å². The summed E-state index contributed by atoms with van der Waals surface area (Å²) >= 11 is 6.11. The predicted molar refractivity (Wildman–Crippen MR) is 117 cm³/mol. The highest BCUT2D eigenvalue weighted by Crippen LogP contribution is 2.45. The number of nitrogens with two attached hydrogens (primary N) is 1. The molecule has 0 aliphatic carbocycles. The third kappa shape index (κ3) is 5.71. The van der Waals surface area contributed by atoms with Crippen LogP contribution >= 0.6 is 11.6 Å². The lowest BCUT2D eigenvalue weighted by Gasteiger charge is -2.21. The van der Waals surface area contributed by atoms with Crippen molar-refractivity contribution in [1.82, 2.24) is 0 Å². The van der Waals surface area contributed by atoms with E-state index in [1.165, 1.54) is 49.6 Å². The van der Waals surface area contributed by atoms with Crippen molar-refractivity contribution < 1.29 is 41.0 Å². The maximum Gasteiger partial charge on any atom is 0.458 e. The highest BCUT2D eigenvalue weighted by Gasteiger charge is 2.58. The number of benzene rings is 3.